The number of halogens is 1. The first-order chi connectivity index (χ1) is 14.5. The number of fused-ring (bicyclic) bond motifs is 1. The van der Waals surface area contributed by atoms with Crippen molar-refractivity contribution in [3.05, 3.63) is 77.3 Å². The Labute approximate surface area is 173 Å². The minimum absolute atomic E-state index is 0.261. The zero-order valence-corrected chi connectivity index (χ0v) is 16.7. The van der Waals surface area contributed by atoms with Crippen molar-refractivity contribution in [3.8, 4) is 17.0 Å². The van der Waals surface area contributed by atoms with E-state index in [9.17, 15) is 9.18 Å². The average molecular weight is 404 g/mol. The van der Waals surface area contributed by atoms with Gasteiger partial charge in [-0.05, 0) is 44.2 Å². The van der Waals surface area contributed by atoms with Crippen LogP contribution in [0.1, 0.15) is 22.6 Å². The summed E-state index contributed by atoms with van der Waals surface area (Å²) in [6, 6.07) is 8.56. The molecule has 1 N–H and O–H groups in total. The first-order valence-electron chi connectivity index (χ1n) is 9.67. The predicted molar refractivity (Wildman–Crippen MR) is 111 cm³/mol. The van der Waals surface area contributed by atoms with Crippen LogP contribution in [0.2, 0.25) is 0 Å². The Morgan fingerprint density at radius 2 is 2.13 bits per heavy atom. The van der Waals surface area contributed by atoms with Gasteiger partial charge in [-0.3, -0.25) is 14.8 Å². The number of carbonyl (C=O) groups excluding carboxylic acids is 1. The van der Waals surface area contributed by atoms with Crippen molar-refractivity contribution in [1.82, 2.24) is 20.3 Å². The lowest BCUT2D eigenvalue weighted by atomic mass is 10.0. The molecule has 4 rings (SSSR count). The van der Waals surface area contributed by atoms with Gasteiger partial charge in [0.2, 0.25) is 5.91 Å². The Morgan fingerprint density at radius 3 is 2.93 bits per heavy atom. The number of carbonyl (C=O) groups is 1. The maximum atomic E-state index is 14.4. The summed E-state index contributed by atoms with van der Waals surface area (Å²) in [5, 5.41) is 2.80. The van der Waals surface area contributed by atoms with Crippen molar-refractivity contribution in [3.63, 3.8) is 0 Å². The summed E-state index contributed by atoms with van der Waals surface area (Å²) in [6.45, 7) is 3.98. The van der Waals surface area contributed by atoms with Gasteiger partial charge < -0.3 is 10.1 Å². The lowest BCUT2D eigenvalue weighted by Crippen LogP contribution is -2.33. The molecule has 0 fully saturated rings. The van der Waals surface area contributed by atoms with Crippen molar-refractivity contribution in [2.24, 2.45) is 0 Å². The van der Waals surface area contributed by atoms with Crippen LogP contribution in [0.4, 0.5) is 4.39 Å². The quantitative estimate of drug-likeness (QED) is 0.660. The molecule has 0 saturated carbocycles. The van der Waals surface area contributed by atoms with Crippen molar-refractivity contribution in [2.45, 2.75) is 26.4 Å². The first-order valence-corrected chi connectivity index (χ1v) is 9.67. The molecule has 30 heavy (non-hydrogen) atoms. The number of hydrogen-bond acceptors (Lipinski definition) is 5. The molecule has 0 radical (unpaired) electrons. The maximum Gasteiger partial charge on any atom is 0.244 e. The molecule has 6 nitrogen and oxygen atoms in total. The summed E-state index contributed by atoms with van der Waals surface area (Å²) >= 11 is 0. The standard InChI is InChI=1S/C23H21FN4O2/c1-14-12-26-15(2)22(28-14)18-7-8-20(24)19-11-17(30-23(18)19)13-27-21(29)9-6-16-5-3-4-10-25-16/h3-10,12,17H,11,13H2,1-2H3,(H,27,29)/b9-6+/t17-/m0/s1. The Morgan fingerprint density at radius 1 is 1.27 bits per heavy atom. The molecule has 2 aromatic heterocycles. The van der Waals surface area contributed by atoms with Crippen LogP contribution in [-0.4, -0.2) is 33.5 Å². The third-order valence-corrected chi connectivity index (χ3v) is 4.85. The van der Waals surface area contributed by atoms with Crippen molar-refractivity contribution < 1.29 is 13.9 Å². The summed E-state index contributed by atoms with van der Waals surface area (Å²) in [7, 11) is 0. The lowest BCUT2D eigenvalue weighted by Gasteiger charge is -2.13. The Balaban J connectivity index is 1.47. The summed E-state index contributed by atoms with van der Waals surface area (Å²) < 4.78 is 20.4. The molecule has 0 bridgehead atoms. The number of aromatic nitrogens is 3. The summed E-state index contributed by atoms with van der Waals surface area (Å²) in [5.74, 6) is -0.113. The molecule has 7 heteroatoms. The Kier molecular flexibility index (Phi) is 5.52. The molecule has 1 amide bonds. The molecule has 152 valence electrons. The highest BCUT2D eigenvalue weighted by atomic mass is 19.1. The van der Waals surface area contributed by atoms with Gasteiger partial charge >= 0.3 is 0 Å². The Hall–Kier alpha value is -3.61. The number of pyridine rings is 1. The summed E-state index contributed by atoms with van der Waals surface area (Å²) in [6.07, 6.45) is 6.42. The third kappa shape index (κ3) is 4.20. The molecule has 0 unspecified atom stereocenters. The van der Waals surface area contributed by atoms with Gasteiger partial charge in [0.1, 0.15) is 17.7 Å². The SMILES string of the molecule is Cc1cnc(C)c(-c2ccc(F)c3c2O[C@H](CNC(=O)/C=C/c2ccccn2)C3)n1. The van der Waals surface area contributed by atoms with E-state index in [4.69, 9.17) is 4.74 Å². The monoisotopic (exact) mass is 404 g/mol. The highest BCUT2D eigenvalue weighted by Crippen LogP contribution is 2.40. The van der Waals surface area contributed by atoms with Crippen LogP contribution in [0, 0.1) is 19.7 Å². The molecule has 0 aliphatic carbocycles. The fraction of sp³-hybridized carbons (Fsp3) is 0.217. The van der Waals surface area contributed by atoms with Crippen molar-refractivity contribution in [2.75, 3.05) is 6.54 Å². The minimum Gasteiger partial charge on any atom is -0.487 e. The first kappa shape index (κ1) is 19.7. The van der Waals surface area contributed by atoms with E-state index in [-0.39, 0.29) is 24.4 Å². The molecule has 3 heterocycles. The maximum absolute atomic E-state index is 14.4. The van der Waals surface area contributed by atoms with Crippen LogP contribution in [-0.2, 0) is 11.2 Å². The van der Waals surface area contributed by atoms with Gasteiger partial charge in [-0.2, -0.15) is 0 Å². The van der Waals surface area contributed by atoms with Crippen molar-refractivity contribution in [1.29, 1.82) is 0 Å². The van der Waals surface area contributed by atoms with E-state index in [0.717, 1.165) is 11.4 Å². The molecule has 1 aliphatic rings. The van der Waals surface area contributed by atoms with E-state index in [0.29, 0.717) is 34.7 Å². The van der Waals surface area contributed by atoms with E-state index in [2.05, 4.69) is 20.3 Å². The topological polar surface area (TPSA) is 77.0 Å². The van der Waals surface area contributed by atoms with E-state index in [1.165, 1.54) is 12.1 Å². The molecule has 0 saturated heterocycles. The fourth-order valence-electron chi connectivity index (χ4n) is 3.37. The van der Waals surface area contributed by atoms with Crippen LogP contribution in [0.3, 0.4) is 0 Å². The van der Waals surface area contributed by atoms with Gasteiger partial charge in [0, 0.05) is 36.0 Å². The average Bonchev–Trinajstić information content (AvgIpc) is 3.19. The largest absolute Gasteiger partial charge is 0.487 e. The second-order valence-electron chi connectivity index (χ2n) is 7.13. The van der Waals surface area contributed by atoms with E-state index >= 15 is 0 Å². The third-order valence-electron chi connectivity index (χ3n) is 4.85. The number of ether oxygens (including phenoxy) is 1. The van der Waals surface area contributed by atoms with E-state index < -0.39 is 0 Å². The second kappa shape index (κ2) is 8.41. The minimum atomic E-state index is -0.360. The number of hydrogen-bond donors (Lipinski definition) is 1. The molecule has 3 aromatic rings. The smallest absolute Gasteiger partial charge is 0.244 e. The molecular formula is C23H21FN4O2. The van der Waals surface area contributed by atoms with Gasteiger partial charge in [-0.25, -0.2) is 9.37 Å². The number of rotatable bonds is 5. The van der Waals surface area contributed by atoms with E-state index in [1.54, 1.807) is 30.6 Å². The van der Waals surface area contributed by atoms with Gasteiger partial charge in [0.15, 0.2) is 0 Å². The zero-order valence-electron chi connectivity index (χ0n) is 16.7. The van der Waals surface area contributed by atoms with Crippen LogP contribution < -0.4 is 10.1 Å². The van der Waals surface area contributed by atoms with Gasteiger partial charge in [-0.1, -0.05) is 6.07 Å². The highest BCUT2D eigenvalue weighted by Gasteiger charge is 2.30. The number of benzene rings is 1. The van der Waals surface area contributed by atoms with Crippen molar-refractivity contribution >= 4 is 12.0 Å². The zero-order chi connectivity index (χ0) is 21.1. The molecule has 1 aliphatic heterocycles. The normalized spacial score (nSPS) is 15.1. The molecular weight excluding hydrogens is 383 g/mol. The predicted octanol–water partition coefficient (Wildman–Crippen LogP) is 3.43. The van der Waals surface area contributed by atoms with Crippen LogP contribution >= 0.6 is 0 Å². The van der Waals surface area contributed by atoms with E-state index in [1.807, 2.05) is 26.0 Å². The molecule has 1 atom stereocenters. The number of aryl methyl sites for hydroxylation is 2. The summed E-state index contributed by atoms with van der Waals surface area (Å²) in [4.78, 5) is 25.1. The fourth-order valence-corrected chi connectivity index (χ4v) is 3.37. The summed E-state index contributed by atoms with van der Waals surface area (Å²) in [5.41, 5.74) is 4.10. The van der Waals surface area contributed by atoms with Gasteiger partial charge in [-0.15, -0.1) is 0 Å². The Bertz CT molecular complexity index is 1120. The van der Waals surface area contributed by atoms with Gasteiger partial charge in [0.05, 0.1) is 29.3 Å². The van der Waals surface area contributed by atoms with Crippen LogP contribution in [0.15, 0.2) is 48.8 Å². The van der Waals surface area contributed by atoms with Crippen LogP contribution in [0.5, 0.6) is 5.75 Å². The van der Waals surface area contributed by atoms with Gasteiger partial charge in [0.25, 0.3) is 0 Å². The lowest BCUT2D eigenvalue weighted by molar-refractivity contribution is -0.116. The molecule has 1 aromatic carbocycles. The van der Waals surface area contributed by atoms with Crippen LogP contribution in [0.25, 0.3) is 17.3 Å². The highest BCUT2D eigenvalue weighted by molar-refractivity contribution is 5.91. The number of nitrogens with zero attached hydrogens (tertiary/aromatic N) is 3. The number of amides is 1. The molecule has 0 spiro atoms. The second-order valence-corrected chi connectivity index (χ2v) is 7.13. The number of nitrogens with one attached hydrogen (secondary N) is 1.